The van der Waals surface area contributed by atoms with E-state index in [4.69, 9.17) is 0 Å². The first-order valence-electron chi connectivity index (χ1n) is 9.59. The molecule has 0 aliphatic carbocycles. The normalized spacial score (nSPS) is 13.9. The fourth-order valence-electron chi connectivity index (χ4n) is 3.05. The van der Waals surface area contributed by atoms with Gasteiger partial charge in [-0.05, 0) is 18.6 Å². The molecule has 1 aromatic heterocycles. The van der Waals surface area contributed by atoms with Crippen molar-refractivity contribution in [2.45, 2.75) is 19.8 Å². The van der Waals surface area contributed by atoms with Crippen LogP contribution < -0.4 is 20.4 Å². The number of hydrogen-bond acceptors (Lipinski definition) is 6. The zero-order chi connectivity index (χ0) is 19.8. The molecule has 8 nitrogen and oxygen atoms in total. The molecule has 0 bridgehead atoms. The largest absolute Gasteiger partial charge is 0.368 e. The van der Waals surface area contributed by atoms with E-state index in [0.717, 1.165) is 32.6 Å². The molecule has 0 radical (unpaired) electrons. The van der Waals surface area contributed by atoms with Gasteiger partial charge in [-0.25, -0.2) is 9.97 Å². The van der Waals surface area contributed by atoms with Crippen LogP contribution in [0.2, 0.25) is 0 Å². The summed E-state index contributed by atoms with van der Waals surface area (Å²) >= 11 is 0. The lowest BCUT2D eigenvalue weighted by atomic mass is 10.2. The van der Waals surface area contributed by atoms with Gasteiger partial charge in [-0.3, -0.25) is 9.59 Å². The number of hydrogen-bond donors (Lipinski definition) is 2. The molecule has 2 heterocycles. The molecule has 1 fully saturated rings. The molecule has 0 unspecified atom stereocenters. The first-order valence-corrected chi connectivity index (χ1v) is 9.59. The Hall–Kier alpha value is -3.16. The lowest BCUT2D eigenvalue weighted by Crippen LogP contribution is -2.47. The van der Waals surface area contributed by atoms with Crippen LogP contribution in [0.3, 0.4) is 0 Å². The van der Waals surface area contributed by atoms with E-state index in [0.29, 0.717) is 18.1 Å². The summed E-state index contributed by atoms with van der Waals surface area (Å²) in [6.45, 7) is 5.35. The van der Waals surface area contributed by atoms with Crippen LogP contribution in [0.15, 0.2) is 42.7 Å². The Morgan fingerprint density at radius 2 is 1.61 bits per heavy atom. The van der Waals surface area contributed by atoms with Gasteiger partial charge < -0.3 is 20.4 Å². The highest BCUT2D eigenvalue weighted by atomic mass is 16.2. The minimum Gasteiger partial charge on any atom is -0.368 e. The maximum atomic E-state index is 11.9. The van der Waals surface area contributed by atoms with Gasteiger partial charge in [0.25, 0.3) is 0 Å². The Bertz CT molecular complexity index is 773. The van der Waals surface area contributed by atoms with Crippen molar-refractivity contribution in [1.29, 1.82) is 0 Å². The SMILES string of the molecule is CCCC(=O)NCC(=O)Nc1cnc(N2CCN(c3ccccc3)CC2)nc1. The minimum absolute atomic E-state index is 0.0535. The third-order valence-corrected chi connectivity index (χ3v) is 4.53. The van der Waals surface area contributed by atoms with Gasteiger partial charge in [0.05, 0.1) is 24.6 Å². The summed E-state index contributed by atoms with van der Waals surface area (Å²) < 4.78 is 0. The van der Waals surface area contributed by atoms with E-state index in [-0.39, 0.29) is 18.4 Å². The van der Waals surface area contributed by atoms with Crippen molar-refractivity contribution in [2.24, 2.45) is 0 Å². The Balaban J connectivity index is 1.47. The second-order valence-electron chi connectivity index (χ2n) is 6.66. The Kier molecular flexibility index (Phi) is 6.78. The molecule has 2 amide bonds. The molecule has 0 atom stereocenters. The summed E-state index contributed by atoms with van der Waals surface area (Å²) in [5, 5.41) is 5.27. The molecule has 3 rings (SSSR count). The number of carbonyl (C=O) groups excluding carboxylic acids is 2. The van der Waals surface area contributed by atoms with Crippen molar-refractivity contribution >= 4 is 29.1 Å². The number of anilines is 3. The van der Waals surface area contributed by atoms with Crippen LogP contribution >= 0.6 is 0 Å². The van der Waals surface area contributed by atoms with E-state index in [9.17, 15) is 9.59 Å². The molecule has 1 saturated heterocycles. The van der Waals surface area contributed by atoms with Crippen LogP contribution in [-0.4, -0.2) is 54.5 Å². The van der Waals surface area contributed by atoms with E-state index in [1.54, 1.807) is 12.4 Å². The predicted molar refractivity (Wildman–Crippen MR) is 109 cm³/mol. The number of piperazine rings is 1. The number of nitrogens with one attached hydrogen (secondary N) is 2. The van der Waals surface area contributed by atoms with Crippen molar-refractivity contribution in [1.82, 2.24) is 15.3 Å². The van der Waals surface area contributed by atoms with Gasteiger partial charge in [0.2, 0.25) is 17.8 Å². The van der Waals surface area contributed by atoms with Crippen LogP contribution in [-0.2, 0) is 9.59 Å². The van der Waals surface area contributed by atoms with Crippen molar-refractivity contribution < 1.29 is 9.59 Å². The van der Waals surface area contributed by atoms with Gasteiger partial charge in [-0.1, -0.05) is 25.1 Å². The zero-order valence-corrected chi connectivity index (χ0v) is 16.1. The summed E-state index contributed by atoms with van der Waals surface area (Å²) in [5.41, 5.74) is 1.74. The molecule has 1 aromatic carbocycles. The first kappa shape index (κ1) is 19.6. The second-order valence-corrected chi connectivity index (χ2v) is 6.66. The highest BCUT2D eigenvalue weighted by molar-refractivity contribution is 5.94. The fraction of sp³-hybridized carbons (Fsp3) is 0.400. The summed E-state index contributed by atoms with van der Waals surface area (Å²) in [6, 6.07) is 10.4. The molecule has 1 aliphatic heterocycles. The van der Waals surface area contributed by atoms with Crippen LogP contribution in [0.1, 0.15) is 19.8 Å². The summed E-state index contributed by atoms with van der Waals surface area (Å²) in [6.07, 6.45) is 4.36. The average Bonchev–Trinajstić information content (AvgIpc) is 2.74. The van der Waals surface area contributed by atoms with Gasteiger partial charge in [-0.2, -0.15) is 0 Å². The smallest absolute Gasteiger partial charge is 0.243 e. The van der Waals surface area contributed by atoms with Gasteiger partial charge >= 0.3 is 0 Å². The van der Waals surface area contributed by atoms with Gasteiger partial charge in [0.1, 0.15) is 0 Å². The summed E-state index contributed by atoms with van der Waals surface area (Å²) in [5.74, 6) is 0.234. The summed E-state index contributed by atoms with van der Waals surface area (Å²) in [7, 11) is 0. The van der Waals surface area contributed by atoms with Gasteiger partial charge in [0.15, 0.2) is 0 Å². The standard InChI is InChI=1S/C20H26N6O2/c1-2-6-18(27)21-15-19(28)24-16-13-22-20(23-14-16)26-11-9-25(10-12-26)17-7-4-3-5-8-17/h3-5,7-8,13-14H,2,6,9-12,15H2,1H3,(H,21,27)(H,24,28). The number of nitrogens with zero attached hydrogens (tertiary/aromatic N) is 4. The number of amides is 2. The molecular formula is C20H26N6O2. The molecule has 28 heavy (non-hydrogen) atoms. The Labute approximate surface area is 165 Å². The third kappa shape index (κ3) is 5.42. The van der Waals surface area contributed by atoms with E-state index >= 15 is 0 Å². The van der Waals surface area contributed by atoms with E-state index in [1.807, 2.05) is 25.1 Å². The number of rotatable bonds is 7. The van der Waals surface area contributed by atoms with Crippen LogP contribution in [0.4, 0.5) is 17.3 Å². The lowest BCUT2D eigenvalue weighted by Gasteiger charge is -2.36. The van der Waals surface area contributed by atoms with Gasteiger partial charge in [0, 0.05) is 38.3 Å². The highest BCUT2D eigenvalue weighted by Crippen LogP contribution is 2.18. The quantitative estimate of drug-likeness (QED) is 0.757. The van der Waals surface area contributed by atoms with Crippen LogP contribution in [0.25, 0.3) is 0 Å². The van der Waals surface area contributed by atoms with Crippen molar-refractivity contribution in [3.8, 4) is 0 Å². The average molecular weight is 382 g/mol. The fourth-order valence-corrected chi connectivity index (χ4v) is 3.05. The Morgan fingerprint density at radius 1 is 0.964 bits per heavy atom. The zero-order valence-electron chi connectivity index (χ0n) is 16.1. The molecule has 2 aromatic rings. The molecule has 8 heteroatoms. The molecule has 2 N–H and O–H groups in total. The van der Waals surface area contributed by atoms with E-state index < -0.39 is 0 Å². The minimum atomic E-state index is -0.294. The molecule has 0 saturated carbocycles. The maximum Gasteiger partial charge on any atom is 0.243 e. The number of carbonyl (C=O) groups is 2. The lowest BCUT2D eigenvalue weighted by molar-refractivity contribution is -0.124. The van der Waals surface area contributed by atoms with Gasteiger partial charge in [-0.15, -0.1) is 0 Å². The molecular weight excluding hydrogens is 356 g/mol. The number of aromatic nitrogens is 2. The van der Waals surface area contributed by atoms with Crippen molar-refractivity contribution in [2.75, 3.05) is 47.8 Å². The highest BCUT2D eigenvalue weighted by Gasteiger charge is 2.19. The predicted octanol–water partition coefficient (Wildman–Crippen LogP) is 1.66. The second kappa shape index (κ2) is 9.68. The third-order valence-electron chi connectivity index (χ3n) is 4.53. The first-order chi connectivity index (χ1) is 13.7. The van der Waals surface area contributed by atoms with Crippen molar-refractivity contribution in [3.63, 3.8) is 0 Å². The monoisotopic (exact) mass is 382 g/mol. The molecule has 148 valence electrons. The number of benzene rings is 1. The topological polar surface area (TPSA) is 90.5 Å². The van der Waals surface area contributed by atoms with E-state index in [1.165, 1.54) is 5.69 Å². The Morgan fingerprint density at radius 3 is 2.25 bits per heavy atom. The molecule has 1 aliphatic rings. The number of para-hydroxylation sites is 1. The summed E-state index contributed by atoms with van der Waals surface area (Å²) in [4.78, 5) is 36.5. The maximum absolute atomic E-state index is 11.9. The molecule has 0 spiro atoms. The van der Waals surface area contributed by atoms with Crippen LogP contribution in [0, 0.1) is 0 Å². The van der Waals surface area contributed by atoms with Crippen LogP contribution in [0.5, 0.6) is 0 Å². The van der Waals surface area contributed by atoms with E-state index in [2.05, 4.69) is 42.5 Å². The van der Waals surface area contributed by atoms with Crippen molar-refractivity contribution in [3.05, 3.63) is 42.7 Å².